The lowest BCUT2D eigenvalue weighted by atomic mass is 9.62. The Morgan fingerprint density at radius 1 is 1.46 bits per heavy atom. The third-order valence-electron chi connectivity index (χ3n) is 3.73. The number of nitrogens with two attached hydrogens (primary N) is 1. The van der Waals surface area contributed by atoms with Crippen molar-refractivity contribution in [2.45, 2.75) is 44.6 Å². The van der Waals surface area contributed by atoms with Gasteiger partial charge >= 0.3 is 0 Å². The number of amides is 1. The number of carbonyl (C=O) groups is 1. The number of piperidine rings is 1. The summed E-state index contributed by atoms with van der Waals surface area (Å²) in [5, 5.41) is 3.09. The molecule has 2 fully saturated rings. The molecule has 0 aromatic heterocycles. The first-order chi connectivity index (χ1) is 6.27. The van der Waals surface area contributed by atoms with E-state index in [-0.39, 0.29) is 11.3 Å². The molecule has 13 heavy (non-hydrogen) atoms. The van der Waals surface area contributed by atoms with Crippen LogP contribution in [-0.4, -0.2) is 18.5 Å². The zero-order valence-electron chi connectivity index (χ0n) is 8.01. The van der Waals surface area contributed by atoms with E-state index in [2.05, 4.69) is 5.32 Å². The maximum atomic E-state index is 11.2. The van der Waals surface area contributed by atoms with Crippen LogP contribution in [0.1, 0.15) is 38.5 Å². The lowest BCUT2D eigenvalue weighted by molar-refractivity contribution is -0.125. The van der Waals surface area contributed by atoms with E-state index < -0.39 is 0 Å². The number of nitrogens with one attached hydrogen (secondary N) is 1. The Kier molecular flexibility index (Phi) is 2.28. The van der Waals surface area contributed by atoms with Gasteiger partial charge in [0.15, 0.2) is 0 Å². The first-order valence-corrected chi connectivity index (χ1v) is 5.26. The van der Waals surface area contributed by atoms with Gasteiger partial charge in [-0.1, -0.05) is 6.42 Å². The molecule has 74 valence electrons. The first kappa shape index (κ1) is 9.00. The monoisotopic (exact) mass is 182 g/mol. The molecule has 0 spiro atoms. The smallest absolute Gasteiger partial charge is 0.220 e. The van der Waals surface area contributed by atoms with Crippen LogP contribution in [-0.2, 0) is 4.79 Å². The van der Waals surface area contributed by atoms with Crippen molar-refractivity contribution in [3.63, 3.8) is 0 Å². The second-order valence-electron chi connectivity index (χ2n) is 4.43. The molecule has 1 atom stereocenters. The van der Waals surface area contributed by atoms with Crippen LogP contribution >= 0.6 is 0 Å². The number of carbonyl (C=O) groups excluding carboxylic acids is 1. The van der Waals surface area contributed by atoms with E-state index in [0.717, 1.165) is 19.4 Å². The molecular formula is C10H18N2O. The highest BCUT2D eigenvalue weighted by molar-refractivity contribution is 5.77. The minimum atomic E-state index is 0.218. The molecule has 3 heteroatoms. The molecule has 0 radical (unpaired) electrons. The van der Waals surface area contributed by atoms with Gasteiger partial charge in [0.05, 0.1) is 0 Å². The summed E-state index contributed by atoms with van der Waals surface area (Å²) in [4.78, 5) is 11.2. The van der Waals surface area contributed by atoms with Gasteiger partial charge in [-0.05, 0) is 32.2 Å². The Bertz CT molecular complexity index is 205. The topological polar surface area (TPSA) is 55.1 Å². The van der Waals surface area contributed by atoms with Gasteiger partial charge in [0, 0.05) is 17.9 Å². The molecule has 2 aliphatic rings. The Hall–Kier alpha value is -0.570. The lowest BCUT2D eigenvalue weighted by Crippen LogP contribution is -2.56. The summed E-state index contributed by atoms with van der Waals surface area (Å²) >= 11 is 0. The molecule has 3 N–H and O–H groups in total. The highest BCUT2D eigenvalue weighted by Crippen LogP contribution is 2.45. The normalized spacial score (nSPS) is 32.1. The molecular weight excluding hydrogens is 164 g/mol. The Morgan fingerprint density at radius 2 is 2.23 bits per heavy atom. The Labute approximate surface area is 79.1 Å². The summed E-state index contributed by atoms with van der Waals surface area (Å²) in [6.07, 6.45) is 6.56. The highest BCUT2D eigenvalue weighted by Gasteiger charge is 2.44. The number of hydrogen-bond donors (Lipinski definition) is 2. The van der Waals surface area contributed by atoms with Gasteiger partial charge in [-0.15, -0.1) is 0 Å². The van der Waals surface area contributed by atoms with E-state index in [9.17, 15) is 4.79 Å². The van der Waals surface area contributed by atoms with Gasteiger partial charge < -0.3 is 11.1 Å². The van der Waals surface area contributed by atoms with Crippen LogP contribution < -0.4 is 11.1 Å². The molecule has 1 heterocycles. The van der Waals surface area contributed by atoms with Crippen LogP contribution in [0.25, 0.3) is 0 Å². The molecule has 1 saturated heterocycles. The van der Waals surface area contributed by atoms with E-state index in [0.29, 0.717) is 12.5 Å². The van der Waals surface area contributed by atoms with Crippen molar-refractivity contribution in [1.82, 2.24) is 5.32 Å². The molecule has 1 aliphatic carbocycles. The van der Waals surface area contributed by atoms with E-state index >= 15 is 0 Å². The molecule has 0 bridgehead atoms. The molecule has 1 amide bonds. The molecule has 0 aromatic rings. The summed E-state index contributed by atoms with van der Waals surface area (Å²) < 4.78 is 0. The fourth-order valence-electron chi connectivity index (χ4n) is 2.59. The van der Waals surface area contributed by atoms with E-state index in [1.807, 2.05) is 0 Å². The van der Waals surface area contributed by atoms with Crippen LogP contribution in [0.5, 0.6) is 0 Å². The quantitative estimate of drug-likeness (QED) is 0.663. The second-order valence-corrected chi connectivity index (χ2v) is 4.43. The Morgan fingerprint density at radius 3 is 2.69 bits per heavy atom. The molecule has 2 rings (SSSR count). The van der Waals surface area contributed by atoms with Crippen molar-refractivity contribution >= 4 is 5.91 Å². The molecule has 0 aromatic carbocycles. The van der Waals surface area contributed by atoms with E-state index in [1.165, 1.54) is 19.3 Å². The van der Waals surface area contributed by atoms with Crippen LogP contribution in [0.4, 0.5) is 0 Å². The van der Waals surface area contributed by atoms with Crippen LogP contribution in [0.2, 0.25) is 0 Å². The highest BCUT2D eigenvalue weighted by atomic mass is 16.1. The average Bonchev–Trinajstić information content (AvgIpc) is 2.03. The summed E-state index contributed by atoms with van der Waals surface area (Å²) in [6.45, 7) is 0.734. The van der Waals surface area contributed by atoms with Crippen LogP contribution in [0.3, 0.4) is 0 Å². The standard InChI is InChI=1S/C10H18N2O/c11-7-10(5-2-6-10)8-3-1-4-9(13)12-8/h8H,1-7,11H2,(H,12,13). The summed E-state index contributed by atoms with van der Waals surface area (Å²) in [5.74, 6) is 0.218. The third-order valence-corrected chi connectivity index (χ3v) is 3.73. The number of rotatable bonds is 2. The fraction of sp³-hybridized carbons (Fsp3) is 0.900. The van der Waals surface area contributed by atoms with Crippen molar-refractivity contribution in [2.24, 2.45) is 11.1 Å². The maximum Gasteiger partial charge on any atom is 0.220 e. The van der Waals surface area contributed by atoms with Gasteiger partial charge in [0.1, 0.15) is 0 Å². The second kappa shape index (κ2) is 3.29. The van der Waals surface area contributed by atoms with Crippen molar-refractivity contribution in [2.75, 3.05) is 6.54 Å². The molecule has 1 unspecified atom stereocenters. The Balaban J connectivity index is 2.01. The minimum Gasteiger partial charge on any atom is -0.353 e. The average molecular weight is 182 g/mol. The van der Waals surface area contributed by atoms with Gasteiger partial charge in [0.2, 0.25) is 5.91 Å². The summed E-state index contributed by atoms with van der Waals surface area (Å²) in [7, 11) is 0. The van der Waals surface area contributed by atoms with Gasteiger partial charge in [-0.25, -0.2) is 0 Å². The minimum absolute atomic E-state index is 0.218. The van der Waals surface area contributed by atoms with Crippen LogP contribution in [0, 0.1) is 5.41 Å². The largest absolute Gasteiger partial charge is 0.353 e. The predicted molar refractivity (Wildman–Crippen MR) is 51.1 cm³/mol. The van der Waals surface area contributed by atoms with Crippen molar-refractivity contribution < 1.29 is 4.79 Å². The molecule has 3 nitrogen and oxygen atoms in total. The number of hydrogen-bond acceptors (Lipinski definition) is 2. The third kappa shape index (κ3) is 1.46. The summed E-state index contributed by atoms with van der Waals surface area (Å²) in [5.41, 5.74) is 6.05. The summed E-state index contributed by atoms with van der Waals surface area (Å²) in [6, 6.07) is 0.368. The van der Waals surface area contributed by atoms with Gasteiger partial charge in [-0.2, -0.15) is 0 Å². The zero-order valence-corrected chi connectivity index (χ0v) is 8.01. The van der Waals surface area contributed by atoms with Crippen molar-refractivity contribution in [1.29, 1.82) is 0 Å². The maximum absolute atomic E-state index is 11.2. The van der Waals surface area contributed by atoms with Crippen molar-refractivity contribution in [3.8, 4) is 0 Å². The van der Waals surface area contributed by atoms with E-state index in [4.69, 9.17) is 5.73 Å². The first-order valence-electron chi connectivity index (χ1n) is 5.26. The van der Waals surface area contributed by atoms with Gasteiger partial charge in [-0.3, -0.25) is 4.79 Å². The predicted octanol–water partition coefficient (Wildman–Crippen LogP) is 0.784. The van der Waals surface area contributed by atoms with Gasteiger partial charge in [0.25, 0.3) is 0 Å². The fourth-order valence-corrected chi connectivity index (χ4v) is 2.59. The molecule has 1 saturated carbocycles. The van der Waals surface area contributed by atoms with Crippen LogP contribution in [0.15, 0.2) is 0 Å². The lowest BCUT2D eigenvalue weighted by Gasteiger charge is -2.48. The van der Waals surface area contributed by atoms with E-state index in [1.54, 1.807) is 0 Å². The van der Waals surface area contributed by atoms with Crippen molar-refractivity contribution in [3.05, 3.63) is 0 Å². The zero-order chi connectivity index (χ0) is 9.31. The SMILES string of the molecule is NCC1(C2CCCC(=O)N2)CCC1. The molecule has 1 aliphatic heterocycles.